The molecule has 0 radical (unpaired) electrons. The van der Waals surface area contributed by atoms with Crippen LogP contribution in [0.15, 0.2) is 14.8 Å². The summed E-state index contributed by atoms with van der Waals surface area (Å²) in [6.07, 6.45) is 1.54. The van der Waals surface area contributed by atoms with Crippen molar-refractivity contribution in [2.75, 3.05) is 0 Å². The van der Waals surface area contributed by atoms with Crippen LogP contribution in [0, 0.1) is 13.8 Å². The highest BCUT2D eigenvalue weighted by atomic mass is 35.5. The van der Waals surface area contributed by atoms with Crippen LogP contribution >= 0.6 is 22.9 Å². The molecule has 2 aromatic heterocycles. The van der Waals surface area contributed by atoms with Crippen molar-refractivity contribution in [1.29, 1.82) is 0 Å². The maximum absolute atomic E-state index is 12.2. The summed E-state index contributed by atoms with van der Waals surface area (Å²) < 4.78 is 32.4. The molecule has 19 heavy (non-hydrogen) atoms. The first-order valence-corrected chi connectivity index (χ1v) is 8.05. The average molecular weight is 322 g/mol. The van der Waals surface area contributed by atoms with Crippen LogP contribution in [0.5, 0.6) is 0 Å². The first-order valence-electron chi connectivity index (χ1n) is 5.37. The van der Waals surface area contributed by atoms with E-state index in [0.717, 1.165) is 11.3 Å². The van der Waals surface area contributed by atoms with Gasteiger partial charge in [0.1, 0.15) is 5.76 Å². The van der Waals surface area contributed by atoms with E-state index in [-0.39, 0.29) is 8.68 Å². The lowest BCUT2D eigenvalue weighted by Gasteiger charge is -2.10. The fraction of sp³-hybridized carbons (Fsp3) is 0.400. The molecule has 0 spiro atoms. The summed E-state index contributed by atoms with van der Waals surface area (Å²) in [5, 5.41) is 0. The highest BCUT2D eigenvalue weighted by molar-refractivity contribution is 7.91. The van der Waals surface area contributed by atoms with E-state index >= 15 is 0 Å². The Kier molecular flexibility index (Phi) is 3.95. The van der Waals surface area contributed by atoms with Gasteiger partial charge in [0.2, 0.25) is 5.89 Å². The van der Waals surface area contributed by atoms with Crippen molar-refractivity contribution in [3.63, 3.8) is 0 Å². The van der Waals surface area contributed by atoms with Gasteiger partial charge < -0.3 is 4.42 Å². The molecule has 104 valence electrons. The van der Waals surface area contributed by atoms with Crippen LogP contribution in [0.1, 0.15) is 30.3 Å². The van der Waals surface area contributed by atoms with Crippen LogP contribution in [-0.4, -0.2) is 18.4 Å². The molecular formula is C10H12ClN3O3S2. The van der Waals surface area contributed by atoms with Crippen LogP contribution in [0.2, 0.25) is 4.47 Å². The molecule has 9 heteroatoms. The van der Waals surface area contributed by atoms with Crippen LogP contribution in [0.25, 0.3) is 0 Å². The summed E-state index contributed by atoms with van der Waals surface area (Å²) in [5.41, 5.74) is 0.373. The lowest BCUT2D eigenvalue weighted by Crippen LogP contribution is -2.27. The molecule has 6 nitrogen and oxygen atoms in total. The lowest BCUT2D eigenvalue weighted by atomic mass is 10.4. The smallest absolute Gasteiger partial charge is 0.252 e. The number of halogens is 1. The first kappa shape index (κ1) is 14.4. The summed E-state index contributed by atoms with van der Waals surface area (Å²) in [5.74, 6) is 0.937. The van der Waals surface area contributed by atoms with Gasteiger partial charge in [0, 0.05) is 0 Å². The Balaban J connectivity index is 2.24. The number of oxazole rings is 1. The van der Waals surface area contributed by atoms with E-state index in [9.17, 15) is 8.42 Å². The lowest BCUT2D eigenvalue weighted by molar-refractivity contribution is 0.428. The Hall–Kier alpha value is -0.960. The fourth-order valence-corrected chi connectivity index (χ4v) is 4.46. The van der Waals surface area contributed by atoms with E-state index in [2.05, 4.69) is 14.7 Å². The minimum atomic E-state index is -3.69. The van der Waals surface area contributed by atoms with Crippen molar-refractivity contribution in [3.05, 3.63) is 28.0 Å². The molecule has 0 fully saturated rings. The molecule has 0 amide bonds. The molecule has 1 N–H and O–H groups in total. The summed E-state index contributed by atoms with van der Waals surface area (Å²) in [7, 11) is -3.69. The van der Waals surface area contributed by atoms with Gasteiger partial charge in [-0.15, -0.1) is 0 Å². The van der Waals surface area contributed by atoms with Crippen LogP contribution in [-0.2, 0) is 10.0 Å². The second kappa shape index (κ2) is 5.20. The molecule has 1 unspecified atom stereocenters. The van der Waals surface area contributed by atoms with E-state index < -0.39 is 16.1 Å². The van der Waals surface area contributed by atoms with Gasteiger partial charge in [-0.25, -0.2) is 18.4 Å². The Labute approximate surface area is 119 Å². The summed E-state index contributed by atoms with van der Waals surface area (Å²) in [6, 6.07) is -0.570. The Morgan fingerprint density at radius 3 is 2.63 bits per heavy atom. The topological polar surface area (TPSA) is 85.1 Å². The van der Waals surface area contributed by atoms with Crippen LogP contribution < -0.4 is 4.72 Å². The molecule has 2 rings (SSSR count). The van der Waals surface area contributed by atoms with Gasteiger partial charge in [0.25, 0.3) is 10.0 Å². The molecule has 0 saturated carbocycles. The third-order valence-corrected chi connectivity index (χ3v) is 5.73. The minimum Gasteiger partial charge on any atom is -0.444 e. The summed E-state index contributed by atoms with van der Waals surface area (Å²) in [6.45, 7) is 4.99. The SMILES string of the molecule is Cc1cnc(C(C)NS(=O)(=O)c2sc(Cl)nc2C)o1. The van der Waals surface area contributed by atoms with E-state index in [0.29, 0.717) is 17.3 Å². The van der Waals surface area contributed by atoms with Gasteiger partial charge in [-0.05, 0) is 20.8 Å². The molecular weight excluding hydrogens is 310 g/mol. The molecule has 0 bridgehead atoms. The molecule has 2 aromatic rings. The first-order chi connectivity index (χ1) is 8.79. The van der Waals surface area contributed by atoms with Gasteiger partial charge in [-0.3, -0.25) is 0 Å². The number of hydrogen-bond donors (Lipinski definition) is 1. The number of nitrogens with one attached hydrogen (secondary N) is 1. The number of aryl methyl sites for hydroxylation is 2. The summed E-state index contributed by atoms with van der Waals surface area (Å²) in [4.78, 5) is 7.88. The zero-order chi connectivity index (χ0) is 14.2. The van der Waals surface area contributed by atoms with Gasteiger partial charge in [0.05, 0.1) is 17.9 Å². The number of aromatic nitrogens is 2. The monoisotopic (exact) mass is 321 g/mol. The predicted octanol–water partition coefficient (Wildman–Crippen LogP) is 2.44. The number of rotatable bonds is 4. The average Bonchev–Trinajstić information content (AvgIpc) is 2.84. The summed E-state index contributed by atoms with van der Waals surface area (Å²) >= 11 is 6.63. The number of nitrogens with zero attached hydrogens (tertiary/aromatic N) is 2. The van der Waals surface area contributed by atoms with Gasteiger partial charge >= 0.3 is 0 Å². The number of sulfonamides is 1. The predicted molar refractivity (Wildman–Crippen MR) is 71.8 cm³/mol. The second-order valence-electron chi connectivity index (χ2n) is 3.99. The van der Waals surface area contributed by atoms with Crippen molar-refractivity contribution in [1.82, 2.24) is 14.7 Å². The van der Waals surface area contributed by atoms with Crippen molar-refractivity contribution >= 4 is 33.0 Å². The van der Waals surface area contributed by atoms with Gasteiger partial charge in [0.15, 0.2) is 8.68 Å². The van der Waals surface area contributed by atoms with E-state index in [1.807, 2.05) is 0 Å². The van der Waals surface area contributed by atoms with Crippen molar-refractivity contribution in [3.8, 4) is 0 Å². The van der Waals surface area contributed by atoms with Crippen LogP contribution in [0.4, 0.5) is 0 Å². The standard InChI is InChI=1S/C10H12ClN3O3S2/c1-5-4-12-8(17-5)6(2)14-19(15,16)9-7(3)13-10(11)18-9/h4,6,14H,1-3H3. The Bertz CT molecular complexity index is 693. The van der Waals surface area contributed by atoms with Crippen molar-refractivity contribution < 1.29 is 12.8 Å². The van der Waals surface area contributed by atoms with Crippen molar-refractivity contribution in [2.45, 2.75) is 31.0 Å². The molecule has 0 aromatic carbocycles. The highest BCUT2D eigenvalue weighted by Crippen LogP contribution is 2.27. The van der Waals surface area contributed by atoms with Crippen molar-refractivity contribution in [2.24, 2.45) is 0 Å². The van der Waals surface area contributed by atoms with E-state index in [1.165, 1.54) is 6.20 Å². The zero-order valence-corrected chi connectivity index (χ0v) is 12.9. The molecule has 0 aliphatic rings. The third-order valence-electron chi connectivity index (χ3n) is 2.31. The maximum Gasteiger partial charge on any atom is 0.252 e. The molecule has 0 saturated heterocycles. The van der Waals surface area contributed by atoms with E-state index in [1.54, 1.807) is 20.8 Å². The molecule has 0 aliphatic heterocycles. The quantitative estimate of drug-likeness (QED) is 0.934. The fourth-order valence-electron chi connectivity index (χ4n) is 1.51. The molecule has 2 heterocycles. The second-order valence-corrected chi connectivity index (χ2v) is 7.48. The maximum atomic E-state index is 12.2. The molecule has 0 aliphatic carbocycles. The molecule has 1 atom stereocenters. The van der Waals surface area contributed by atoms with Gasteiger partial charge in [-0.1, -0.05) is 22.9 Å². The highest BCUT2D eigenvalue weighted by Gasteiger charge is 2.25. The minimum absolute atomic E-state index is 0.104. The Morgan fingerprint density at radius 2 is 2.16 bits per heavy atom. The van der Waals surface area contributed by atoms with Crippen LogP contribution in [0.3, 0.4) is 0 Å². The largest absolute Gasteiger partial charge is 0.444 e. The van der Waals surface area contributed by atoms with E-state index in [4.69, 9.17) is 16.0 Å². The number of hydrogen-bond acceptors (Lipinski definition) is 6. The number of thiazole rings is 1. The normalized spacial score (nSPS) is 13.7. The van der Waals surface area contributed by atoms with Gasteiger partial charge in [-0.2, -0.15) is 4.72 Å². The Morgan fingerprint density at radius 1 is 1.47 bits per heavy atom. The zero-order valence-electron chi connectivity index (χ0n) is 10.5. The third kappa shape index (κ3) is 3.14.